The maximum Gasteiger partial charge on any atom is 0.123 e. The molecule has 1 aromatic rings. The molecule has 3 heteroatoms. The first kappa shape index (κ1) is 13.6. The van der Waals surface area contributed by atoms with Crippen LogP contribution in [0.1, 0.15) is 44.1 Å². The number of hydrogen-bond donors (Lipinski definition) is 1. The lowest BCUT2D eigenvalue weighted by Gasteiger charge is -2.30. The van der Waals surface area contributed by atoms with Gasteiger partial charge in [-0.2, -0.15) is 0 Å². The number of halogens is 2. The fraction of sp³-hybridized carbons (Fsp3) is 0.625. The summed E-state index contributed by atoms with van der Waals surface area (Å²) in [7, 11) is 0. The molecule has 1 aromatic carbocycles. The molecule has 2 saturated carbocycles. The van der Waals surface area contributed by atoms with Crippen LogP contribution in [0.5, 0.6) is 0 Å². The molecule has 19 heavy (non-hydrogen) atoms. The smallest absolute Gasteiger partial charge is 0.123 e. The average Bonchev–Trinajstić information content (AvgIpc) is 3.25. The third-order valence-electron chi connectivity index (χ3n) is 4.59. The molecule has 2 atom stereocenters. The molecule has 0 saturated heterocycles. The van der Waals surface area contributed by atoms with Crippen LogP contribution < -0.4 is 5.32 Å². The van der Waals surface area contributed by atoms with Gasteiger partial charge in [-0.05, 0) is 61.3 Å². The predicted octanol–water partition coefficient (Wildman–Crippen LogP) is 4.65. The van der Waals surface area contributed by atoms with Crippen LogP contribution in [-0.4, -0.2) is 6.04 Å². The fourth-order valence-corrected chi connectivity index (χ4v) is 3.73. The van der Waals surface area contributed by atoms with Gasteiger partial charge in [-0.1, -0.05) is 28.8 Å². The summed E-state index contributed by atoms with van der Waals surface area (Å²) in [6.07, 6.45) is 8.27. The second-order valence-corrected chi connectivity index (χ2v) is 6.93. The van der Waals surface area contributed by atoms with Crippen LogP contribution in [0.15, 0.2) is 22.7 Å². The highest BCUT2D eigenvalue weighted by Gasteiger charge is 2.34. The topological polar surface area (TPSA) is 12.0 Å². The van der Waals surface area contributed by atoms with Crippen molar-refractivity contribution < 1.29 is 4.39 Å². The number of nitrogens with one attached hydrogen (secondary N) is 1. The summed E-state index contributed by atoms with van der Waals surface area (Å²) in [5, 5.41) is 3.62. The van der Waals surface area contributed by atoms with E-state index < -0.39 is 0 Å². The molecule has 0 radical (unpaired) electrons. The molecule has 2 aliphatic carbocycles. The summed E-state index contributed by atoms with van der Waals surface area (Å²) >= 11 is 3.49. The Morgan fingerprint density at radius 3 is 2.79 bits per heavy atom. The van der Waals surface area contributed by atoms with E-state index in [0.29, 0.717) is 6.04 Å². The van der Waals surface area contributed by atoms with Gasteiger partial charge in [0.2, 0.25) is 0 Å². The molecule has 2 aliphatic rings. The van der Waals surface area contributed by atoms with Crippen LogP contribution >= 0.6 is 15.9 Å². The van der Waals surface area contributed by atoms with Crippen molar-refractivity contribution in [1.82, 2.24) is 5.32 Å². The first-order valence-corrected chi connectivity index (χ1v) is 8.19. The monoisotopic (exact) mass is 325 g/mol. The van der Waals surface area contributed by atoms with E-state index in [1.165, 1.54) is 44.6 Å². The van der Waals surface area contributed by atoms with Crippen LogP contribution in [0.3, 0.4) is 0 Å². The summed E-state index contributed by atoms with van der Waals surface area (Å²) < 4.78 is 14.2. The molecule has 1 nitrogen and oxygen atoms in total. The highest BCUT2D eigenvalue weighted by atomic mass is 79.9. The Hall–Kier alpha value is -0.410. The van der Waals surface area contributed by atoms with E-state index >= 15 is 0 Å². The third kappa shape index (κ3) is 3.57. The molecule has 0 heterocycles. The second kappa shape index (κ2) is 5.92. The first-order valence-electron chi connectivity index (χ1n) is 7.39. The maximum atomic E-state index is 13.2. The van der Waals surface area contributed by atoms with E-state index in [1.807, 2.05) is 0 Å². The zero-order chi connectivity index (χ0) is 13.2. The molecule has 0 aliphatic heterocycles. The van der Waals surface area contributed by atoms with Crippen molar-refractivity contribution in [1.29, 1.82) is 0 Å². The molecule has 2 unspecified atom stereocenters. The van der Waals surface area contributed by atoms with E-state index in [0.717, 1.165) is 28.4 Å². The van der Waals surface area contributed by atoms with Crippen molar-refractivity contribution in [3.05, 3.63) is 34.1 Å². The van der Waals surface area contributed by atoms with E-state index in [2.05, 4.69) is 21.2 Å². The maximum absolute atomic E-state index is 13.2. The second-order valence-electron chi connectivity index (χ2n) is 6.08. The SMILES string of the molecule is Fc1ccc(Br)c(CNC2CCCC(C3CC3)C2)c1. The zero-order valence-corrected chi connectivity index (χ0v) is 12.8. The number of rotatable bonds is 4. The summed E-state index contributed by atoms with van der Waals surface area (Å²) in [6, 6.07) is 5.53. The van der Waals surface area contributed by atoms with Crippen molar-refractivity contribution >= 4 is 15.9 Å². The van der Waals surface area contributed by atoms with Crippen molar-refractivity contribution in [3.63, 3.8) is 0 Å². The van der Waals surface area contributed by atoms with Gasteiger partial charge in [-0.3, -0.25) is 0 Å². The lowest BCUT2D eigenvalue weighted by atomic mass is 9.82. The molecule has 0 amide bonds. The van der Waals surface area contributed by atoms with Gasteiger partial charge in [0.15, 0.2) is 0 Å². The van der Waals surface area contributed by atoms with Crippen LogP contribution in [0.2, 0.25) is 0 Å². The molecular weight excluding hydrogens is 305 g/mol. The van der Waals surface area contributed by atoms with Gasteiger partial charge in [-0.25, -0.2) is 4.39 Å². The minimum atomic E-state index is -0.153. The summed E-state index contributed by atoms with van der Waals surface area (Å²) in [6.45, 7) is 0.764. The highest BCUT2D eigenvalue weighted by molar-refractivity contribution is 9.10. The largest absolute Gasteiger partial charge is 0.310 e. The molecule has 0 bridgehead atoms. The Morgan fingerprint density at radius 2 is 2.00 bits per heavy atom. The van der Waals surface area contributed by atoms with Crippen LogP contribution in [0, 0.1) is 17.7 Å². The Balaban J connectivity index is 1.54. The molecule has 2 fully saturated rings. The predicted molar refractivity (Wildman–Crippen MR) is 79.4 cm³/mol. The van der Waals surface area contributed by atoms with Crippen molar-refractivity contribution in [2.75, 3.05) is 0 Å². The molecular formula is C16H21BrFN. The van der Waals surface area contributed by atoms with Crippen LogP contribution in [0.4, 0.5) is 4.39 Å². The van der Waals surface area contributed by atoms with Gasteiger partial charge >= 0.3 is 0 Å². The molecule has 3 rings (SSSR count). The lowest BCUT2D eigenvalue weighted by molar-refractivity contribution is 0.260. The standard InChI is InChI=1S/C16H21BrFN/c17-16-7-6-14(18)8-13(16)10-19-15-3-1-2-12(9-15)11-4-5-11/h6-8,11-12,15,19H,1-5,9-10H2. The Bertz CT molecular complexity index is 444. The number of hydrogen-bond acceptors (Lipinski definition) is 1. The summed E-state index contributed by atoms with van der Waals surface area (Å²) in [4.78, 5) is 0. The van der Waals surface area contributed by atoms with Gasteiger partial charge in [0.1, 0.15) is 5.82 Å². The van der Waals surface area contributed by atoms with Gasteiger partial charge in [0, 0.05) is 17.1 Å². The number of benzene rings is 1. The lowest BCUT2D eigenvalue weighted by Crippen LogP contribution is -2.34. The molecule has 1 N–H and O–H groups in total. The van der Waals surface area contributed by atoms with E-state index in [9.17, 15) is 4.39 Å². The van der Waals surface area contributed by atoms with Gasteiger partial charge < -0.3 is 5.32 Å². The van der Waals surface area contributed by atoms with E-state index in [1.54, 1.807) is 12.1 Å². The summed E-state index contributed by atoms with van der Waals surface area (Å²) in [5.41, 5.74) is 1.02. The Morgan fingerprint density at radius 1 is 1.16 bits per heavy atom. The molecule has 0 aromatic heterocycles. The van der Waals surface area contributed by atoms with Gasteiger partial charge in [-0.15, -0.1) is 0 Å². The van der Waals surface area contributed by atoms with Gasteiger partial charge in [0.25, 0.3) is 0 Å². The Labute approximate surface area is 123 Å². The Kier molecular flexibility index (Phi) is 4.23. The third-order valence-corrected chi connectivity index (χ3v) is 5.37. The fourth-order valence-electron chi connectivity index (χ4n) is 3.34. The molecule has 0 spiro atoms. The quantitative estimate of drug-likeness (QED) is 0.849. The van der Waals surface area contributed by atoms with Crippen molar-refractivity contribution in [2.24, 2.45) is 11.8 Å². The first-order chi connectivity index (χ1) is 9.22. The summed E-state index contributed by atoms with van der Waals surface area (Å²) in [5.74, 6) is 1.81. The minimum absolute atomic E-state index is 0.153. The van der Waals surface area contributed by atoms with E-state index in [4.69, 9.17) is 0 Å². The zero-order valence-electron chi connectivity index (χ0n) is 11.2. The van der Waals surface area contributed by atoms with Crippen molar-refractivity contribution in [3.8, 4) is 0 Å². The van der Waals surface area contributed by atoms with Crippen LogP contribution in [-0.2, 0) is 6.54 Å². The highest BCUT2D eigenvalue weighted by Crippen LogP contribution is 2.43. The van der Waals surface area contributed by atoms with Crippen LogP contribution in [0.25, 0.3) is 0 Å². The normalized spacial score (nSPS) is 27.5. The minimum Gasteiger partial charge on any atom is -0.310 e. The molecule has 104 valence electrons. The van der Waals surface area contributed by atoms with Crippen molar-refractivity contribution in [2.45, 2.75) is 51.1 Å². The van der Waals surface area contributed by atoms with Gasteiger partial charge in [0.05, 0.1) is 0 Å². The van der Waals surface area contributed by atoms with E-state index in [-0.39, 0.29) is 5.82 Å². The average molecular weight is 326 g/mol.